The maximum atomic E-state index is 11.5. The lowest BCUT2D eigenvalue weighted by Crippen LogP contribution is -2.55. The summed E-state index contributed by atoms with van der Waals surface area (Å²) in [7, 11) is 0. The molecule has 2 rings (SSSR count). The summed E-state index contributed by atoms with van der Waals surface area (Å²) in [4.78, 5) is 29.1. The van der Waals surface area contributed by atoms with E-state index in [1.165, 1.54) is 0 Å². The van der Waals surface area contributed by atoms with E-state index in [2.05, 4.69) is 18.7 Å². The summed E-state index contributed by atoms with van der Waals surface area (Å²) < 4.78 is 11.8. The summed E-state index contributed by atoms with van der Waals surface area (Å²) in [6.45, 7) is 14.1. The molecule has 7 nitrogen and oxygen atoms in total. The SMILES string of the molecule is CCC(=O)N1CC(OCCN(CCOC2CN(C(=O)CC)C2)C(C)C)C1. The van der Waals surface area contributed by atoms with E-state index in [9.17, 15) is 9.59 Å². The van der Waals surface area contributed by atoms with Gasteiger partial charge < -0.3 is 19.3 Å². The van der Waals surface area contributed by atoms with Gasteiger partial charge in [-0.3, -0.25) is 14.5 Å². The molecule has 26 heavy (non-hydrogen) atoms. The average molecular weight is 370 g/mol. The highest BCUT2D eigenvalue weighted by Crippen LogP contribution is 2.14. The highest BCUT2D eigenvalue weighted by atomic mass is 16.5. The Bertz CT molecular complexity index is 422. The second kappa shape index (κ2) is 10.2. The highest BCUT2D eigenvalue weighted by Gasteiger charge is 2.31. The number of carbonyl (C=O) groups is 2. The first kappa shape index (κ1) is 21.1. The van der Waals surface area contributed by atoms with Crippen LogP contribution in [0.1, 0.15) is 40.5 Å². The van der Waals surface area contributed by atoms with E-state index in [4.69, 9.17) is 9.47 Å². The molecule has 2 aliphatic rings. The van der Waals surface area contributed by atoms with Crippen LogP contribution >= 0.6 is 0 Å². The van der Waals surface area contributed by atoms with Crippen LogP contribution in [0, 0.1) is 0 Å². The highest BCUT2D eigenvalue weighted by molar-refractivity contribution is 5.77. The van der Waals surface area contributed by atoms with Crippen molar-refractivity contribution >= 4 is 11.8 Å². The molecule has 2 amide bonds. The first-order valence-corrected chi connectivity index (χ1v) is 9.97. The smallest absolute Gasteiger partial charge is 0.222 e. The van der Waals surface area contributed by atoms with Gasteiger partial charge in [-0.05, 0) is 13.8 Å². The molecule has 0 saturated carbocycles. The predicted octanol–water partition coefficient (Wildman–Crippen LogP) is 0.972. The van der Waals surface area contributed by atoms with Crippen molar-refractivity contribution in [1.29, 1.82) is 0 Å². The Labute approximate surface area is 157 Å². The van der Waals surface area contributed by atoms with Gasteiger partial charge in [-0.2, -0.15) is 0 Å². The minimum atomic E-state index is 0.188. The number of amides is 2. The van der Waals surface area contributed by atoms with Gasteiger partial charge >= 0.3 is 0 Å². The Balaban J connectivity index is 1.54. The molecule has 150 valence electrons. The van der Waals surface area contributed by atoms with Crippen LogP contribution in [0.3, 0.4) is 0 Å². The fraction of sp³-hybridized carbons (Fsp3) is 0.895. The van der Waals surface area contributed by atoms with E-state index in [0.717, 1.165) is 39.3 Å². The van der Waals surface area contributed by atoms with E-state index in [1.54, 1.807) is 0 Å². The summed E-state index contributed by atoms with van der Waals surface area (Å²) in [5, 5.41) is 0. The molecule has 0 aromatic rings. The number of rotatable bonds is 11. The zero-order chi connectivity index (χ0) is 19.1. The van der Waals surface area contributed by atoms with Gasteiger partial charge in [-0.1, -0.05) is 13.8 Å². The second-order valence-electron chi connectivity index (χ2n) is 7.42. The van der Waals surface area contributed by atoms with Crippen molar-refractivity contribution in [3.8, 4) is 0 Å². The molecular weight excluding hydrogens is 334 g/mol. The molecule has 2 saturated heterocycles. The largest absolute Gasteiger partial charge is 0.373 e. The molecule has 2 heterocycles. The normalized spacial score (nSPS) is 18.4. The Morgan fingerprint density at radius 2 is 1.27 bits per heavy atom. The maximum absolute atomic E-state index is 11.5. The zero-order valence-electron chi connectivity index (χ0n) is 16.8. The third-order valence-corrected chi connectivity index (χ3v) is 5.20. The first-order valence-electron chi connectivity index (χ1n) is 9.97. The first-order chi connectivity index (χ1) is 12.4. The number of hydrogen-bond donors (Lipinski definition) is 0. The topological polar surface area (TPSA) is 62.3 Å². The van der Waals surface area contributed by atoms with Crippen LogP contribution < -0.4 is 0 Å². The van der Waals surface area contributed by atoms with Crippen LogP contribution in [0.15, 0.2) is 0 Å². The molecule has 7 heteroatoms. The zero-order valence-corrected chi connectivity index (χ0v) is 16.8. The van der Waals surface area contributed by atoms with Gasteiger partial charge in [0.1, 0.15) is 0 Å². The summed E-state index contributed by atoms with van der Waals surface area (Å²) >= 11 is 0. The van der Waals surface area contributed by atoms with E-state index in [0.29, 0.717) is 32.1 Å². The lowest BCUT2D eigenvalue weighted by atomic mass is 10.1. The van der Waals surface area contributed by atoms with Gasteiger partial charge in [0.25, 0.3) is 0 Å². The van der Waals surface area contributed by atoms with Gasteiger partial charge in [-0.25, -0.2) is 0 Å². The monoisotopic (exact) mass is 369 g/mol. The molecule has 0 radical (unpaired) electrons. The van der Waals surface area contributed by atoms with Crippen LogP contribution in [-0.2, 0) is 19.1 Å². The summed E-state index contributed by atoms with van der Waals surface area (Å²) in [5.41, 5.74) is 0. The number of likely N-dealkylation sites (tertiary alicyclic amines) is 2. The van der Waals surface area contributed by atoms with Crippen LogP contribution in [0.5, 0.6) is 0 Å². The van der Waals surface area contributed by atoms with Crippen molar-refractivity contribution in [2.75, 3.05) is 52.5 Å². The number of carbonyl (C=O) groups excluding carboxylic acids is 2. The van der Waals surface area contributed by atoms with E-state index in [1.807, 2.05) is 23.6 Å². The van der Waals surface area contributed by atoms with Gasteiger partial charge in [0, 0.05) is 58.2 Å². The molecule has 0 aromatic heterocycles. The average Bonchev–Trinajstić information content (AvgIpc) is 2.55. The van der Waals surface area contributed by atoms with Crippen molar-refractivity contribution in [3.05, 3.63) is 0 Å². The standard InChI is InChI=1S/C19H35N3O4/c1-5-18(23)21-11-16(12-21)25-9-7-20(15(3)4)8-10-26-17-13-22(14-17)19(24)6-2/h15-17H,5-14H2,1-4H3. The number of nitrogens with zero attached hydrogens (tertiary/aromatic N) is 3. The lowest BCUT2D eigenvalue weighted by molar-refractivity contribution is -0.145. The summed E-state index contributed by atoms with van der Waals surface area (Å²) in [6.07, 6.45) is 1.51. The minimum absolute atomic E-state index is 0.188. The van der Waals surface area contributed by atoms with Gasteiger partial charge in [0.05, 0.1) is 25.4 Å². The fourth-order valence-corrected chi connectivity index (χ4v) is 3.24. The molecule has 0 N–H and O–H groups in total. The second-order valence-corrected chi connectivity index (χ2v) is 7.42. The predicted molar refractivity (Wildman–Crippen MR) is 99.9 cm³/mol. The maximum Gasteiger partial charge on any atom is 0.222 e. The molecule has 0 aliphatic carbocycles. The Morgan fingerprint density at radius 1 is 0.885 bits per heavy atom. The number of ether oxygens (including phenoxy) is 2. The quantitative estimate of drug-likeness (QED) is 0.543. The molecule has 0 aromatic carbocycles. The lowest BCUT2D eigenvalue weighted by Gasteiger charge is -2.40. The van der Waals surface area contributed by atoms with E-state index >= 15 is 0 Å². The van der Waals surface area contributed by atoms with Crippen molar-refractivity contribution in [3.63, 3.8) is 0 Å². The minimum Gasteiger partial charge on any atom is -0.373 e. The van der Waals surface area contributed by atoms with Crippen molar-refractivity contribution in [2.24, 2.45) is 0 Å². The Hall–Kier alpha value is -1.18. The molecule has 0 bridgehead atoms. The third kappa shape index (κ3) is 5.93. The van der Waals surface area contributed by atoms with Crippen LogP contribution in [-0.4, -0.2) is 97.2 Å². The Kier molecular flexibility index (Phi) is 8.31. The van der Waals surface area contributed by atoms with Crippen LogP contribution in [0.4, 0.5) is 0 Å². The molecule has 0 unspecified atom stereocenters. The molecule has 0 spiro atoms. The van der Waals surface area contributed by atoms with Crippen LogP contribution in [0.25, 0.3) is 0 Å². The van der Waals surface area contributed by atoms with Crippen molar-refractivity contribution in [1.82, 2.24) is 14.7 Å². The van der Waals surface area contributed by atoms with Crippen molar-refractivity contribution in [2.45, 2.75) is 58.8 Å². The molecular formula is C19H35N3O4. The van der Waals surface area contributed by atoms with Gasteiger partial charge in [0.15, 0.2) is 0 Å². The fourth-order valence-electron chi connectivity index (χ4n) is 3.24. The van der Waals surface area contributed by atoms with Crippen molar-refractivity contribution < 1.29 is 19.1 Å². The summed E-state index contributed by atoms with van der Waals surface area (Å²) in [5.74, 6) is 0.419. The third-order valence-electron chi connectivity index (χ3n) is 5.20. The van der Waals surface area contributed by atoms with Gasteiger partial charge in [0.2, 0.25) is 11.8 Å². The molecule has 2 fully saturated rings. The van der Waals surface area contributed by atoms with E-state index < -0.39 is 0 Å². The number of hydrogen-bond acceptors (Lipinski definition) is 5. The summed E-state index contributed by atoms with van der Waals surface area (Å²) in [6, 6.07) is 0.432. The van der Waals surface area contributed by atoms with Gasteiger partial charge in [-0.15, -0.1) is 0 Å². The molecule has 0 atom stereocenters. The Morgan fingerprint density at radius 3 is 1.58 bits per heavy atom. The van der Waals surface area contributed by atoms with Crippen LogP contribution in [0.2, 0.25) is 0 Å². The molecule has 2 aliphatic heterocycles. The van der Waals surface area contributed by atoms with E-state index in [-0.39, 0.29) is 24.0 Å².